The Morgan fingerprint density at radius 1 is 1.20 bits per heavy atom. The Balaban J connectivity index is 1.92. The van der Waals surface area contributed by atoms with Crippen LogP contribution in [0.4, 0.5) is 5.69 Å². The van der Waals surface area contributed by atoms with E-state index in [0.29, 0.717) is 5.56 Å². The number of rotatable bonds is 4. The van der Waals surface area contributed by atoms with Crippen LogP contribution < -0.4 is 16.8 Å². The van der Waals surface area contributed by atoms with Crippen LogP contribution in [-0.4, -0.2) is 81.0 Å². The number of carbonyl (C=O) groups excluding carboxylic acids is 4. The van der Waals surface area contributed by atoms with Crippen molar-refractivity contribution >= 4 is 34.8 Å². The number of carbonyl (C=O) groups is 4. The van der Waals surface area contributed by atoms with E-state index in [2.05, 4.69) is 5.32 Å². The van der Waals surface area contributed by atoms with Gasteiger partial charge >= 0.3 is 0 Å². The predicted molar refractivity (Wildman–Crippen MR) is 122 cm³/mol. The molecular formula is C23H26N4O8. The fraction of sp³-hybridized carbons (Fsp3) is 0.391. The van der Waals surface area contributed by atoms with E-state index in [0.717, 1.165) is 0 Å². The number of phenols is 1. The lowest BCUT2D eigenvalue weighted by Gasteiger charge is -2.50. The second-order valence-corrected chi connectivity index (χ2v) is 9.21. The van der Waals surface area contributed by atoms with E-state index < -0.39 is 69.7 Å². The summed E-state index contributed by atoms with van der Waals surface area (Å²) >= 11 is 0. The molecular weight excluding hydrogens is 460 g/mol. The lowest BCUT2D eigenvalue weighted by atomic mass is 9.57. The zero-order chi connectivity index (χ0) is 26.0. The summed E-state index contributed by atoms with van der Waals surface area (Å²) in [6.45, 7) is -0.349. The molecule has 186 valence electrons. The van der Waals surface area contributed by atoms with Gasteiger partial charge < -0.3 is 37.2 Å². The van der Waals surface area contributed by atoms with Crippen molar-refractivity contribution in [3.63, 3.8) is 0 Å². The number of phenolic OH excluding ortho intramolecular Hbond substituents is 1. The Hall–Kier alpha value is -3.74. The number of amides is 2. The normalized spacial score (nSPS) is 28.0. The summed E-state index contributed by atoms with van der Waals surface area (Å²) in [5.41, 5.74) is 7.05. The molecule has 0 radical (unpaired) electrons. The van der Waals surface area contributed by atoms with E-state index in [1.54, 1.807) is 6.07 Å². The minimum absolute atomic E-state index is 0.00180. The molecule has 1 aromatic rings. The summed E-state index contributed by atoms with van der Waals surface area (Å²) in [6, 6.07) is 1.86. The van der Waals surface area contributed by atoms with Gasteiger partial charge in [0.2, 0.25) is 11.7 Å². The first kappa shape index (κ1) is 24.4. The quantitative estimate of drug-likeness (QED) is 0.200. The minimum atomic E-state index is -2.70. The first-order valence-electron chi connectivity index (χ1n) is 10.9. The number of hydrogen-bond acceptors (Lipinski definition) is 10. The molecule has 0 bridgehead atoms. The number of nitrogens with one attached hydrogen (secondary N) is 1. The average molecular weight is 486 g/mol. The van der Waals surface area contributed by atoms with Crippen LogP contribution in [0.2, 0.25) is 0 Å². The van der Waals surface area contributed by atoms with Crippen molar-refractivity contribution in [2.75, 3.05) is 26.0 Å². The number of nitrogens with two attached hydrogens (primary N) is 2. The number of aliphatic hydroxyl groups excluding tert-OH is 2. The maximum atomic E-state index is 13.7. The molecule has 1 fully saturated rings. The zero-order valence-electron chi connectivity index (χ0n) is 19.0. The van der Waals surface area contributed by atoms with Gasteiger partial charge in [0.1, 0.15) is 22.8 Å². The van der Waals surface area contributed by atoms with Crippen LogP contribution in [0.5, 0.6) is 5.75 Å². The molecule has 2 amide bonds. The fourth-order valence-corrected chi connectivity index (χ4v) is 5.52. The Kier molecular flexibility index (Phi) is 5.70. The molecule has 1 saturated carbocycles. The zero-order valence-corrected chi connectivity index (χ0v) is 19.0. The number of fused-ring (bicyclic) bond motifs is 3. The van der Waals surface area contributed by atoms with Gasteiger partial charge in [-0.2, -0.15) is 0 Å². The van der Waals surface area contributed by atoms with Crippen LogP contribution in [-0.2, 0) is 25.6 Å². The van der Waals surface area contributed by atoms with E-state index in [-0.39, 0.29) is 36.2 Å². The van der Waals surface area contributed by atoms with E-state index in [1.807, 2.05) is 0 Å². The molecule has 3 aliphatic rings. The number of Topliss-reactive ketones (excluding diaryl/α,β-unsaturated/α-hetero) is 2. The van der Waals surface area contributed by atoms with E-state index in [9.17, 15) is 39.6 Å². The molecule has 3 aliphatic carbocycles. The number of ketones is 2. The lowest BCUT2D eigenvalue weighted by Crippen LogP contribution is -2.65. The topological polar surface area (TPSA) is 217 Å². The number of aromatic hydroxyl groups is 1. The van der Waals surface area contributed by atoms with Crippen LogP contribution in [0.25, 0.3) is 5.76 Å². The molecule has 4 atom stereocenters. The third kappa shape index (κ3) is 3.32. The van der Waals surface area contributed by atoms with Gasteiger partial charge in [0, 0.05) is 11.5 Å². The number of primary amides is 1. The molecule has 0 unspecified atom stereocenters. The minimum Gasteiger partial charge on any atom is -0.508 e. The Bertz CT molecular complexity index is 1250. The van der Waals surface area contributed by atoms with Gasteiger partial charge in [0.15, 0.2) is 11.4 Å². The number of aliphatic hydroxyl groups is 3. The maximum Gasteiger partial charge on any atom is 0.255 e. The molecule has 4 rings (SSSR count). The molecule has 12 nitrogen and oxygen atoms in total. The van der Waals surface area contributed by atoms with Crippen molar-refractivity contribution in [2.45, 2.75) is 24.5 Å². The summed E-state index contributed by atoms with van der Waals surface area (Å²) in [5, 5.41) is 46.6. The highest BCUT2D eigenvalue weighted by molar-refractivity contribution is 6.24. The van der Waals surface area contributed by atoms with Crippen LogP contribution in [0.15, 0.2) is 29.0 Å². The van der Waals surface area contributed by atoms with Crippen molar-refractivity contribution in [1.82, 2.24) is 4.90 Å². The standard InChI is InChI=1S/C23H26N4O8/c1-27(2)16-10-6-9-5-8-3-4-11(26-12(28)7-24)17(29)13(8)18(30)14(9)20(32)23(10,35)21(33)15(19(16)31)22(25)34/h3-4,9-10,16,29-30,33,35H,5-7,24H2,1-2H3,(H2,25,34)(H,26,28)/t9-,10-,16-,23-/m0/s1. The summed E-state index contributed by atoms with van der Waals surface area (Å²) in [6.07, 6.45) is 0.158. The van der Waals surface area contributed by atoms with Gasteiger partial charge in [-0.05, 0) is 44.5 Å². The van der Waals surface area contributed by atoms with Gasteiger partial charge in [-0.15, -0.1) is 0 Å². The Morgan fingerprint density at radius 3 is 2.43 bits per heavy atom. The molecule has 0 aromatic heterocycles. The van der Waals surface area contributed by atoms with Crippen LogP contribution >= 0.6 is 0 Å². The Morgan fingerprint density at radius 2 is 1.86 bits per heavy atom. The SMILES string of the molecule is CN(C)[C@@H]1C(=O)C(C(N)=O)=C(O)[C@@]2(O)C(=O)C3=C(O)c4c(ccc(NC(=O)CN)c4O)C[C@H]3C[C@@H]12. The summed E-state index contributed by atoms with van der Waals surface area (Å²) in [4.78, 5) is 51.8. The maximum absolute atomic E-state index is 13.7. The predicted octanol–water partition coefficient (Wildman–Crippen LogP) is -1.14. The van der Waals surface area contributed by atoms with Gasteiger partial charge in [-0.25, -0.2) is 0 Å². The fourth-order valence-electron chi connectivity index (χ4n) is 5.52. The molecule has 0 saturated heterocycles. The van der Waals surface area contributed by atoms with Gasteiger partial charge in [0.25, 0.3) is 5.91 Å². The smallest absolute Gasteiger partial charge is 0.255 e. The molecule has 1 aromatic carbocycles. The van der Waals surface area contributed by atoms with Gasteiger partial charge in [-0.3, -0.25) is 24.1 Å². The molecule has 0 aliphatic heterocycles. The van der Waals surface area contributed by atoms with Gasteiger partial charge in [-0.1, -0.05) is 6.07 Å². The monoisotopic (exact) mass is 486 g/mol. The average Bonchev–Trinajstić information content (AvgIpc) is 2.77. The number of benzene rings is 1. The van der Waals surface area contributed by atoms with Crippen LogP contribution in [0.1, 0.15) is 17.5 Å². The number of likely N-dealkylation sites (N-methyl/N-ethyl adjacent to an activating group) is 1. The highest BCUT2D eigenvalue weighted by Gasteiger charge is 2.64. The molecule has 12 heteroatoms. The first-order valence-corrected chi connectivity index (χ1v) is 10.9. The first-order chi connectivity index (χ1) is 16.4. The summed E-state index contributed by atoms with van der Waals surface area (Å²) in [7, 11) is 3.06. The number of nitrogens with zero attached hydrogens (tertiary/aromatic N) is 1. The van der Waals surface area contributed by atoms with Crippen molar-refractivity contribution in [2.24, 2.45) is 23.3 Å². The van der Waals surface area contributed by atoms with Crippen LogP contribution in [0.3, 0.4) is 0 Å². The van der Waals surface area contributed by atoms with Crippen LogP contribution in [0, 0.1) is 11.8 Å². The third-order valence-electron chi connectivity index (χ3n) is 7.05. The van der Waals surface area contributed by atoms with Crippen molar-refractivity contribution in [1.29, 1.82) is 0 Å². The van der Waals surface area contributed by atoms with E-state index >= 15 is 0 Å². The number of anilines is 1. The molecule has 0 spiro atoms. The molecule has 35 heavy (non-hydrogen) atoms. The highest BCUT2D eigenvalue weighted by Crippen LogP contribution is 2.53. The Labute approximate surface area is 199 Å². The van der Waals surface area contributed by atoms with E-state index in [1.165, 1.54) is 25.1 Å². The van der Waals surface area contributed by atoms with E-state index in [4.69, 9.17) is 11.5 Å². The van der Waals surface area contributed by atoms with Crippen molar-refractivity contribution in [3.05, 3.63) is 40.2 Å². The van der Waals surface area contributed by atoms with Crippen molar-refractivity contribution in [3.8, 4) is 5.75 Å². The summed E-state index contributed by atoms with van der Waals surface area (Å²) < 4.78 is 0. The molecule has 0 heterocycles. The van der Waals surface area contributed by atoms with Gasteiger partial charge in [0.05, 0.1) is 23.8 Å². The second kappa shape index (κ2) is 8.18. The second-order valence-electron chi connectivity index (χ2n) is 9.21. The largest absolute Gasteiger partial charge is 0.508 e. The number of hydrogen-bond donors (Lipinski definition) is 7. The summed E-state index contributed by atoms with van der Waals surface area (Å²) in [5.74, 6) is -7.91. The molecule has 9 N–H and O–H groups in total. The lowest BCUT2D eigenvalue weighted by molar-refractivity contribution is -0.153. The highest BCUT2D eigenvalue weighted by atomic mass is 16.3. The third-order valence-corrected chi connectivity index (χ3v) is 7.05. The van der Waals surface area contributed by atoms with Crippen molar-refractivity contribution < 1.29 is 39.6 Å².